The zero-order valence-electron chi connectivity index (χ0n) is 9.81. The molecule has 0 fully saturated rings. The number of rotatable bonds is 4. The van der Waals surface area contributed by atoms with Crippen LogP contribution in [0.2, 0.25) is 5.02 Å². The molecule has 0 saturated carbocycles. The number of nitriles is 2. The SMILES string of the molecule is CCN(CC(C)C#N)c1nccc(C#N)c1Cl. The molecule has 1 atom stereocenters. The zero-order valence-corrected chi connectivity index (χ0v) is 10.6. The van der Waals surface area contributed by atoms with Gasteiger partial charge in [0.25, 0.3) is 0 Å². The molecule has 4 nitrogen and oxygen atoms in total. The van der Waals surface area contributed by atoms with Crippen molar-refractivity contribution in [3.8, 4) is 12.1 Å². The summed E-state index contributed by atoms with van der Waals surface area (Å²) in [5.74, 6) is 0.453. The summed E-state index contributed by atoms with van der Waals surface area (Å²) < 4.78 is 0. The Kier molecular flexibility index (Phi) is 4.75. The maximum atomic E-state index is 8.89. The number of aromatic nitrogens is 1. The van der Waals surface area contributed by atoms with Crippen LogP contribution in [-0.2, 0) is 0 Å². The average Bonchev–Trinajstić information content (AvgIpc) is 2.36. The minimum atomic E-state index is -0.112. The zero-order chi connectivity index (χ0) is 12.8. The Morgan fingerprint density at radius 2 is 2.24 bits per heavy atom. The molecule has 1 aromatic rings. The van der Waals surface area contributed by atoms with Crippen molar-refractivity contribution in [2.45, 2.75) is 13.8 Å². The second-order valence-corrected chi connectivity index (χ2v) is 4.05. The summed E-state index contributed by atoms with van der Waals surface area (Å²) in [4.78, 5) is 6.08. The van der Waals surface area contributed by atoms with E-state index < -0.39 is 0 Å². The predicted octanol–water partition coefficient (Wildman–Crippen LogP) is 2.59. The first-order valence-electron chi connectivity index (χ1n) is 5.33. The van der Waals surface area contributed by atoms with Crippen molar-refractivity contribution in [3.63, 3.8) is 0 Å². The average molecular weight is 249 g/mol. The Balaban J connectivity index is 3.05. The Hall–Kier alpha value is -1.78. The summed E-state index contributed by atoms with van der Waals surface area (Å²) in [5, 5.41) is 18.1. The van der Waals surface area contributed by atoms with Gasteiger partial charge in [-0.3, -0.25) is 0 Å². The van der Waals surface area contributed by atoms with Crippen molar-refractivity contribution in [1.29, 1.82) is 10.5 Å². The van der Waals surface area contributed by atoms with Crippen LogP contribution in [0.1, 0.15) is 19.4 Å². The summed E-state index contributed by atoms with van der Waals surface area (Å²) in [6, 6.07) is 5.77. The van der Waals surface area contributed by atoms with E-state index in [0.717, 1.165) is 0 Å². The lowest BCUT2D eigenvalue weighted by molar-refractivity contribution is 0.679. The normalized spacial score (nSPS) is 11.4. The third-order valence-corrected chi connectivity index (χ3v) is 2.76. The van der Waals surface area contributed by atoms with E-state index in [0.29, 0.717) is 29.5 Å². The first kappa shape index (κ1) is 13.3. The molecule has 0 bridgehead atoms. The molecule has 0 N–H and O–H groups in total. The van der Waals surface area contributed by atoms with E-state index in [-0.39, 0.29) is 5.92 Å². The molecule has 0 saturated heterocycles. The molecule has 88 valence electrons. The highest BCUT2D eigenvalue weighted by Crippen LogP contribution is 2.26. The van der Waals surface area contributed by atoms with Gasteiger partial charge in [0.1, 0.15) is 16.9 Å². The molecule has 17 heavy (non-hydrogen) atoms. The van der Waals surface area contributed by atoms with E-state index in [4.69, 9.17) is 22.1 Å². The lowest BCUT2D eigenvalue weighted by Crippen LogP contribution is -2.29. The Morgan fingerprint density at radius 1 is 1.53 bits per heavy atom. The Bertz CT molecular complexity index is 472. The van der Waals surface area contributed by atoms with Gasteiger partial charge in [-0.05, 0) is 19.9 Å². The minimum absolute atomic E-state index is 0.112. The molecular formula is C12H13ClN4. The minimum Gasteiger partial charge on any atom is -0.354 e. The molecule has 0 aliphatic heterocycles. The summed E-state index contributed by atoms with van der Waals surface area (Å²) in [5.41, 5.74) is 0.403. The second kappa shape index (κ2) is 6.08. The molecule has 5 heteroatoms. The highest BCUT2D eigenvalue weighted by Gasteiger charge is 2.15. The van der Waals surface area contributed by atoms with Crippen LogP contribution in [0.3, 0.4) is 0 Å². The van der Waals surface area contributed by atoms with Gasteiger partial charge in [0.2, 0.25) is 0 Å². The lowest BCUT2D eigenvalue weighted by Gasteiger charge is -2.24. The van der Waals surface area contributed by atoms with Crippen molar-refractivity contribution in [3.05, 3.63) is 22.8 Å². The highest BCUT2D eigenvalue weighted by atomic mass is 35.5. The molecule has 1 heterocycles. The fourth-order valence-electron chi connectivity index (χ4n) is 1.48. The first-order valence-corrected chi connectivity index (χ1v) is 5.71. The van der Waals surface area contributed by atoms with Crippen LogP contribution >= 0.6 is 11.6 Å². The van der Waals surface area contributed by atoms with Gasteiger partial charge in [-0.15, -0.1) is 0 Å². The molecule has 1 aromatic heterocycles. The summed E-state index contributed by atoms with van der Waals surface area (Å²) in [7, 11) is 0. The molecule has 0 aromatic carbocycles. The summed E-state index contributed by atoms with van der Waals surface area (Å²) >= 11 is 6.10. The number of hydrogen-bond acceptors (Lipinski definition) is 4. The van der Waals surface area contributed by atoms with Gasteiger partial charge in [-0.25, -0.2) is 4.98 Å². The molecule has 0 aliphatic carbocycles. The standard InChI is InChI=1S/C12H13ClN4/c1-3-17(8-9(2)6-14)12-11(13)10(7-15)4-5-16-12/h4-5,9H,3,8H2,1-2H3. The number of hydrogen-bond donors (Lipinski definition) is 0. The molecule has 0 radical (unpaired) electrons. The van der Waals surface area contributed by atoms with Crippen LogP contribution in [0, 0.1) is 28.6 Å². The van der Waals surface area contributed by atoms with Gasteiger partial charge in [0.05, 0.1) is 17.6 Å². The van der Waals surface area contributed by atoms with Gasteiger partial charge in [0, 0.05) is 19.3 Å². The van der Waals surface area contributed by atoms with E-state index in [1.165, 1.54) is 0 Å². The summed E-state index contributed by atoms with van der Waals surface area (Å²) in [6.07, 6.45) is 1.56. The largest absolute Gasteiger partial charge is 0.354 e. The van der Waals surface area contributed by atoms with E-state index in [1.807, 2.05) is 24.8 Å². The maximum Gasteiger partial charge on any atom is 0.148 e. The first-order chi connectivity index (χ1) is 8.13. The molecule has 0 spiro atoms. The van der Waals surface area contributed by atoms with Crippen LogP contribution in [-0.4, -0.2) is 18.1 Å². The van der Waals surface area contributed by atoms with Crippen molar-refractivity contribution < 1.29 is 0 Å². The highest BCUT2D eigenvalue weighted by molar-refractivity contribution is 6.34. The molecule has 1 unspecified atom stereocenters. The van der Waals surface area contributed by atoms with Gasteiger partial charge in [0.15, 0.2) is 0 Å². The fraction of sp³-hybridized carbons (Fsp3) is 0.417. The molecule has 0 aliphatic rings. The van der Waals surface area contributed by atoms with Gasteiger partial charge in [-0.1, -0.05) is 11.6 Å². The van der Waals surface area contributed by atoms with Crippen molar-refractivity contribution in [1.82, 2.24) is 4.98 Å². The van der Waals surface area contributed by atoms with Gasteiger partial charge in [-0.2, -0.15) is 10.5 Å². The summed E-state index contributed by atoms with van der Waals surface area (Å²) in [6.45, 7) is 5.04. The Labute approximate surface area is 106 Å². The van der Waals surface area contributed by atoms with Gasteiger partial charge >= 0.3 is 0 Å². The van der Waals surface area contributed by atoms with Crippen LogP contribution in [0.4, 0.5) is 5.82 Å². The smallest absolute Gasteiger partial charge is 0.148 e. The Morgan fingerprint density at radius 3 is 2.76 bits per heavy atom. The van der Waals surface area contributed by atoms with Crippen LogP contribution in [0.5, 0.6) is 0 Å². The van der Waals surface area contributed by atoms with Crippen molar-refractivity contribution in [2.75, 3.05) is 18.0 Å². The van der Waals surface area contributed by atoms with E-state index in [1.54, 1.807) is 12.3 Å². The second-order valence-electron chi connectivity index (χ2n) is 3.68. The predicted molar refractivity (Wildman–Crippen MR) is 66.6 cm³/mol. The third-order valence-electron chi connectivity index (χ3n) is 2.39. The number of nitrogens with zero attached hydrogens (tertiary/aromatic N) is 4. The molecule has 0 amide bonds. The van der Waals surface area contributed by atoms with Gasteiger partial charge < -0.3 is 4.90 Å². The van der Waals surface area contributed by atoms with Crippen molar-refractivity contribution >= 4 is 17.4 Å². The van der Waals surface area contributed by atoms with E-state index >= 15 is 0 Å². The third kappa shape index (κ3) is 3.09. The monoisotopic (exact) mass is 248 g/mol. The van der Waals surface area contributed by atoms with E-state index in [2.05, 4.69) is 11.1 Å². The van der Waals surface area contributed by atoms with Crippen LogP contribution < -0.4 is 4.90 Å². The topological polar surface area (TPSA) is 63.7 Å². The number of pyridine rings is 1. The quantitative estimate of drug-likeness (QED) is 0.822. The van der Waals surface area contributed by atoms with Crippen LogP contribution in [0.15, 0.2) is 12.3 Å². The number of halogens is 1. The van der Waals surface area contributed by atoms with Crippen LogP contribution in [0.25, 0.3) is 0 Å². The molecular weight excluding hydrogens is 236 g/mol. The van der Waals surface area contributed by atoms with Crippen molar-refractivity contribution in [2.24, 2.45) is 5.92 Å². The fourth-order valence-corrected chi connectivity index (χ4v) is 1.75. The lowest BCUT2D eigenvalue weighted by atomic mass is 10.2. The molecule has 1 rings (SSSR count). The number of anilines is 1. The maximum absolute atomic E-state index is 8.89. The van der Waals surface area contributed by atoms with E-state index in [9.17, 15) is 0 Å².